The summed E-state index contributed by atoms with van der Waals surface area (Å²) < 4.78 is 26.5. The summed E-state index contributed by atoms with van der Waals surface area (Å²) in [6, 6.07) is 6.06. The van der Waals surface area contributed by atoms with Gasteiger partial charge >= 0.3 is 5.97 Å². The summed E-state index contributed by atoms with van der Waals surface area (Å²) in [5, 5.41) is 0. The first-order chi connectivity index (χ1) is 18.6. The van der Waals surface area contributed by atoms with Gasteiger partial charge in [-0.15, -0.1) is 0 Å². The van der Waals surface area contributed by atoms with Crippen molar-refractivity contribution >= 4 is 57.4 Å². The molecule has 244 valence electrons. The van der Waals surface area contributed by atoms with Gasteiger partial charge in [0.2, 0.25) is 0 Å². The second-order valence-corrected chi connectivity index (χ2v) is 87.1. The number of rotatable bonds is 4. The highest BCUT2D eigenvalue weighted by molar-refractivity contribution is 8.09. The summed E-state index contributed by atoms with van der Waals surface area (Å²) >= 11 is 0. The molecule has 4 rings (SSSR count). The van der Waals surface area contributed by atoms with Crippen LogP contribution in [-0.4, -0.2) is 74.2 Å². The van der Waals surface area contributed by atoms with Crippen LogP contribution < -0.4 is 0 Å². The molecule has 0 amide bonds. The Bertz CT molecular complexity index is 994. The zero-order chi connectivity index (χ0) is 32.6. The molecule has 3 saturated heterocycles. The summed E-state index contributed by atoms with van der Waals surface area (Å²) in [5.74, 6) is -0.199. The lowest BCUT2D eigenvalue weighted by atomic mass is 10.1. The van der Waals surface area contributed by atoms with Crippen LogP contribution in [0.25, 0.3) is 0 Å². The fraction of sp³-hybridized carbons (Fsp3) is 0.900. The maximum Gasteiger partial charge on any atom is 0.341 e. The molecule has 3 fully saturated rings. The van der Waals surface area contributed by atoms with E-state index in [1.165, 1.54) is 49.7 Å². The molecule has 0 aromatic rings. The third kappa shape index (κ3) is 5.71. The Hall–Kier alpha value is 0.608. The summed E-state index contributed by atoms with van der Waals surface area (Å²) in [6.45, 7) is 41.9. The second-order valence-electron chi connectivity index (χ2n) is 18.1. The van der Waals surface area contributed by atoms with E-state index in [1.807, 2.05) is 0 Å². The summed E-state index contributed by atoms with van der Waals surface area (Å²) in [7, 11) is -10.9. The van der Waals surface area contributed by atoms with Crippen molar-refractivity contribution in [3.8, 4) is 0 Å². The van der Waals surface area contributed by atoms with Crippen molar-refractivity contribution < 1.29 is 22.8 Å². The molecule has 3 atom stereocenters. The highest BCUT2D eigenvalue weighted by Crippen LogP contribution is 2.59. The van der Waals surface area contributed by atoms with Crippen molar-refractivity contribution in [2.45, 2.75) is 175 Å². The fourth-order valence-electron chi connectivity index (χ4n) is 10.5. The minimum absolute atomic E-state index is 0.0526. The molecular formula is C30H66O5Si7. The molecule has 0 aliphatic carbocycles. The normalized spacial score (nSPS) is 38.9. The van der Waals surface area contributed by atoms with E-state index in [0.717, 1.165) is 0 Å². The van der Waals surface area contributed by atoms with Gasteiger partial charge in [-0.1, -0.05) is 50.7 Å². The van der Waals surface area contributed by atoms with E-state index in [4.69, 9.17) is 13.3 Å². The van der Waals surface area contributed by atoms with Gasteiger partial charge in [0.25, 0.3) is 0 Å². The van der Waals surface area contributed by atoms with Crippen LogP contribution in [0.5, 0.6) is 0 Å². The van der Waals surface area contributed by atoms with Gasteiger partial charge in [0, 0.05) is 6.63 Å². The number of carbonyl (C=O) groups is 1. The Morgan fingerprint density at radius 2 is 0.905 bits per heavy atom. The molecule has 0 saturated carbocycles. The van der Waals surface area contributed by atoms with Crippen LogP contribution in [0.3, 0.4) is 0 Å². The lowest BCUT2D eigenvalue weighted by Crippen LogP contribution is -3.01. The smallest absolute Gasteiger partial charge is 0.341 e. The Kier molecular flexibility index (Phi) is 9.80. The van der Waals surface area contributed by atoms with Crippen molar-refractivity contribution in [1.29, 1.82) is 0 Å². The van der Waals surface area contributed by atoms with Crippen LogP contribution in [0.4, 0.5) is 0 Å². The molecule has 0 radical (unpaired) electrons. The van der Waals surface area contributed by atoms with E-state index in [0.29, 0.717) is 5.57 Å². The number of hydrogen-bond donors (Lipinski definition) is 0. The van der Waals surface area contributed by atoms with E-state index in [1.54, 1.807) is 6.92 Å². The Balaban J connectivity index is 0.000000715. The largest absolute Gasteiger partial charge is 0.430 e. The average molecular weight is 703 g/mol. The van der Waals surface area contributed by atoms with Crippen molar-refractivity contribution in [2.75, 3.05) is 0 Å². The molecule has 0 bridgehead atoms. The highest BCUT2D eigenvalue weighted by atomic mass is 30.2. The van der Waals surface area contributed by atoms with Crippen molar-refractivity contribution in [1.82, 2.24) is 0 Å². The first kappa shape index (κ1) is 37.1. The molecule has 5 nitrogen and oxygen atoms in total. The number of ether oxygens (including phenoxy) is 1. The van der Waals surface area contributed by atoms with Gasteiger partial charge in [0.15, 0.2) is 23.5 Å². The van der Waals surface area contributed by atoms with Crippen molar-refractivity contribution in [2.24, 2.45) is 0 Å². The number of carbonyl (C=O) groups excluding carboxylic acids is 1. The first-order valence-corrected chi connectivity index (χ1v) is 41.6. The molecule has 4 heterocycles. The lowest BCUT2D eigenvalue weighted by Gasteiger charge is -2.74. The van der Waals surface area contributed by atoms with E-state index in [2.05, 4.69) is 112 Å². The van der Waals surface area contributed by atoms with E-state index < -0.39 is 51.5 Å². The third-order valence-corrected chi connectivity index (χ3v) is 155. The highest BCUT2D eigenvalue weighted by Gasteiger charge is 2.82. The van der Waals surface area contributed by atoms with Gasteiger partial charge in [-0.2, -0.15) is 0 Å². The molecule has 0 aromatic carbocycles. The maximum absolute atomic E-state index is 9.94. The van der Waals surface area contributed by atoms with Gasteiger partial charge in [-0.05, 0) is 107 Å². The molecule has 42 heavy (non-hydrogen) atoms. The predicted molar refractivity (Wildman–Crippen MR) is 197 cm³/mol. The standard InChI is InChI=1S/C26H62O3Si7.C4H4O2/c1-17-36(33(14)21-18-24(2,3)27-30(33,8)9,34(15)22-19-25(4,5)28-31(34,10)11)35(16)23-20-26(6,7)29-32(35,12)13;1-3-2-6-4(3)5/h17-23H2,1-16H3;2H,1H3. The van der Waals surface area contributed by atoms with Crippen molar-refractivity contribution in [3.05, 3.63) is 11.8 Å². The summed E-state index contributed by atoms with van der Waals surface area (Å²) in [5.41, 5.74) is 0.862. The summed E-state index contributed by atoms with van der Waals surface area (Å²) in [4.78, 5) is 9.94. The van der Waals surface area contributed by atoms with Gasteiger partial charge < -0.3 is 18.0 Å². The first-order valence-electron chi connectivity index (χ1n) is 16.6. The maximum atomic E-state index is 9.94. The van der Waals surface area contributed by atoms with Crippen LogP contribution in [0.15, 0.2) is 11.8 Å². The quantitative estimate of drug-likeness (QED) is 0.217. The molecule has 4 aliphatic rings. The topological polar surface area (TPSA) is 54.0 Å². The van der Waals surface area contributed by atoms with Crippen molar-refractivity contribution in [3.63, 3.8) is 0 Å². The second kappa shape index (κ2) is 11.1. The van der Waals surface area contributed by atoms with E-state index >= 15 is 0 Å². The minimum Gasteiger partial charge on any atom is -0.430 e. The predicted octanol–water partition coefficient (Wildman–Crippen LogP) is 8.82. The van der Waals surface area contributed by atoms with Crippen LogP contribution in [0.1, 0.15) is 74.7 Å². The Morgan fingerprint density at radius 1 is 0.643 bits per heavy atom. The third-order valence-electron chi connectivity index (χ3n) is 13.3. The van der Waals surface area contributed by atoms with Crippen LogP contribution in [0, 0.1) is 0 Å². The van der Waals surface area contributed by atoms with Gasteiger partial charge in [0.05, 0.1) is 43.7 Å². The number of cyclic esters (lactones) is 1. The number of esters is 1. The van der Waals surface area contributed by atoms with Gasteiger partial charge in [-0.3, -0.25) is 0 Å². The molecular weight excluding hydrogens is 637 g/mol. The van der Waals surface area contributed by atoms with E-state index in [-0.39, 0.29) is 22.8 Å². The molecule has 0 spiro atoms. The fourth-order valence-corrected chi connectivity index (χ4v) is 251. The minimum atomic E-state index is -1.89. The molecule has 0 N–H and O–H groups in total. The molecule has 12 heteroatoms. The molecule has 4 aliphatic heterocycles. The summed E-state index contributed by atoms with van der Waals surface area (Å²) in [6.07, 6.45) is 5.26. The average Bonchev–Trinajstić information content (AvgIpc) is 2.80. The Morgan fingerprint density at radius 3 is 1.05 bits per heavy atom. The van der Waals surface area contributed by atoms with Crippen LogP contribution >= 0.6 is 0 Å². The van der Waals surface area contributed by atoms with Crippen LogP contribution in [0.2, 0.25) is 83.1 Å². The monoisotopic (exact) mass is 702 g/mol. The Labute approximate surface area is 265 Å². The zero-order valence-electron chi connectivity index (χ0n) is 30.6. The zero-order valence-corrected chi connectivity index (χ0v) is 37.6. The van der Waals surface area contributed by atoms with Gasteiger partial charge in [0.1, 0.15) is 6.26 Å². The van der Waals surface area contributed by atoms with E-state index in [9.17, 15) is 4.79 Å². The molecule has 0 aromatic heterocycles. The number of hydrogen-bond acceptors (Lipinski definition) is 5. The lowest BCUT2D eigenvalue weighted by molar-refractivity contribution is -0.138. The molecule has 3 unspecified atom stereocenters. The van der Waals surface area contributed by atoms with Gasteiger partial charge in [-0.25, -0.2) is 4.79 Å². The SMILES string of the molecule is CC1=COC1=O.CC[Si]([Si]1(C)CCC(C)(C)O[Si]1(C)C)([Si]1(C)CCC(C)(C)O[Si]1(C)C)[Si]1(C)CCC(C)(C)O[Si]1(C)C. The van der Waals surface area contributed by atoms with Crippen LogP contribution in [-0.2, 0) is 22.8 Å².